The molecule has 0 aliphatic carbocycles. The Labute approximate surface area is 303 Å². The molecule has 0 heterocycles. The number of hydrogen-bond donors (Lipinski definition) is 0. The standard InChI is InChI=1S/C44H56O4Si2/c1-43(2,3)49(38-27-15-10-16-28-38,39-29-17-11-18-30-39)47-36-23-9-8-14-25-37(26-24-35-42(45)46-7)48-50(44(4,5)6,40-31-19-12-20-32-40)41-33-21-13-22-34-41/h8-22,25,27-34,37H,23-24,26,35-36H2,1-7H3/b9-8-,25-14+/t37-/m1/s1. The molecular formula is C44H56O4Si2. The molecular weight excluding hydrogens is 649 g/mol. The molecule has 4 aromatic rings. The molecule has 0 saturated heterocycles. The lowest BCUT2D eigenvalue weighted by molar-refractivity contribution is -0.140. The highest BCUT2D eigenvalue weighted by Gasteiger charge is 2.51. The summed E-state index contributed by atoms with van der Waals surface area (Å²) >= 11 is 0. The van der Waals surface area contributed by atoms with E-state index in [0.717, 1.165) is 6.42 Å². The summed E-state index contributed by atoms with van der Waals surface area (Å²) in [5, 5.41) is 4.84. The van der Waals surface area contributed by atoms with Crippen LogP contribution >= 0.6 is 0 Å². The summed E-state index contributed by atoms with van der Waals surface area (Å²) in [4.78, 5) is 12.1. The van der Waals surface area contributed by atoms with Crippen molar-refractivity contribution in [1.29, 1.82) is 0 Å². The lowest BCUT2D eigenvalue weighted by Crippen LogP contribution is -2.67. The zero-order chi connectivity index (χ0) is 36.1. The van der Waals surface area contributed by atoms with E-state index in [-0.39, 0.29) is 22.1 Å². The van der Waals surface area contributed by atoms with Gasteiger partial charge in [-0.05, 0) is 50.1 Å². The van der Waals surface area contributed by atoms with Crippen molar-refractivity contribution in [2.45, 2.75) is 83.4 Å². The van der Waals surface area contributed by atoms with Gasteiger partial charge >= 0.3 is 5.97 Å². The van der Waals surface area contributed by atoms with Gasteiger partial charge in [-0.1, -0.05) is 187 Å². The van der Waals surface area contributed by atoms with Crippen molar-refractivity contribution in [2.24, 2.45) is 0 Å². The van der Waals surface area contributed by atoms with Gasteiger partial charge in [-0.3, -0.25) is 4.79 Å². The number of rotatable bonds is 16. The van der Waals surface area contributed by atoms with E-state index in [1.165, 1.54) is 27.9 Å². The number of methoxy groups -OCH3 is 1. The van der Waals surface area contributed by atoms with Crippen LogP contribution in [0.1, 0.15) is 67.2 Å². The molecule has 4 aromatic carbocycles. The van der Waals surface area contributed by atoms with Crippen LogP contribution in [0.15, 0.2) is 146 Å². The first-order chi connectivity index (χ1) is 24.0. The smallest absolute Gasteiger partial charge is 0.305 e. The summed E-state index contributed by atoms with van der Waals surface area (Å²) in [5.74, 6) is -0.195. The molecule has 4 rings (SSSR count). The first-order valence-corrected chi connectivity index (χ1v) is 21.7. The summed E-state index contributed by atoms with van der Waals surface area (Å²) in [7, 11) is -3.92. The molecule has 4 nitrogen and oxygen atoms in total. The molecule has 0 aliphatic rings. The first kappa shape index (κ1) is 39.0. The highest BCUT2D eigenvalue weighted by molar-refractivity contribution is 7.00. The highest BCUT2D eigenvalue weighted by atomic mass is 28.4. The van der Waals surface area contributed by atoms with Gasteiger partial charge in [0.15, 0.2) is 0 Å². The summed E-state index contributed by atoms with van der Waals surface area (Å²) in [6.45, 7) is 14.4. The fourth-order valence-corrected chi connectivity index (χ4v) is 16.3. The minimum absolute atomic E-state index is 0.0605. The van der Waals surface area contributed by atoms with Gasteiger partial charge in [0, 0.05) is 13.0 Å². The van der Waals surface area contributed by atoms with Crippen molar-refractivity contribution < 1.29 is 18.4 Å². The Morgan fingerprint density at radius 3 is 1.46 bits per heavy atom. The van der Waals surface area contributed by atoms with Crippen LogP contribution < -0.4 is 20.7 Å². The Morgan fingerprint density at radius 2 is 1.06 bits per heavy atom. The Hall–Kier alpha value is -3.82. The van der Waals surface area contributed by atoms with Crippen LogP contribution in [0.25, 0.3) is 0 Å². The van der Waals surface area contributed by atoms with Gasteiger partial charge in [-0.15, -0.1) is 0 Å². The van der Waals surface area contributed by atoms with Gasteiger partial charge < -0.3 is 13.6 Å². The van der Waals surface area contributed by atoms with Gasteiger partial charge in [0.1, 0.15) is 0 Å². The molecule has 0 amide bonds. The maximum Gasteiger partial charge on any atom is 0.305 e. The Bertz CT molecular complexity index is 1560. The van der Waals surface area contributed by atoms with Crippen molar-refractivity contribution in [3.63, 3.8) is 0 Å². The zero-order valence-corrected chi connectivity index (χ0v) is 33.1. The van der Waals surface area contributed by atoms with Crippen LogP contribution in [0.4, 0.5) is 0 Å². The van der Waals surface area contributed by atoms with Crippen molar-refractivity contribution in [3.8, 4) is 0 Å². The molecule has 50 heavy (non-hydrogen) atoms. The maximum absolute atomic E-state index is 12.1. The van der Waals surface area contributed by atoms with Crippen molar-refractivity contribution in [2.75, 3.05) is 13.7 Å². The molecule has 6 heteroatoms. The Balaban J connectivity index is 1.58. The van der Waals surface area contributed by atoms with Gasteiger partial charge in [0.05, 0.1) is 13.2 Å². The number of esters is 1. The molecule has 0 unspecified atom stereocenters. The van der Waals surface area contributed by atoms with Crippen LogP contribution in [-0.4, -0.2) is 42.4 Å². The van der Waals surface area contributed by atoms with E-state index >= 15 is 0 Å². The van der Waals surface area contributed by atoms with Crippen LogP contribution in [0.2, 0.25) is 10.1 Å². The normalized spacial score (nSPS) is 13.5. The number of carbonyl (C=O) groups excluding carboxylic acids is 1. The lowest BCUT2D eigenvalue weighted by atomic mass is 10.1. The second kappa shape index (κ2) is 17.9. The Morgan fingerprint density at radius 1 is 0.640 bits per heavy atom. The highest BCUT2D eigenvalue weighted by Crippen LogP contribution is 2.39. The quantitative estimate of drug-likeness (QED) is 0.0509. The average Bonchev–Trinajstić information content (AvgIpc) is 3.11. The van der Waals surface area contributed by atoms with E-state index < -0.39 is 16.6 Å². The summed E-state index contributed by atoms with van der Waals surface area (Å²) in [5.41, 5.74) is 0. The van der Waals surface area contributed by atoms with Crippen molar-refractivity contribution in [1.82, 2.24) is 0 Å². The molecule has 0 aliphatic heterocycles. The molecule has 0 N–H and O–H groups in total. The first-order valence-electron chi connectivity index (χ1n) is 17.9. The molecule has 0 spiro atoms. The van der Waals surface area contributed by atoms with E-state index in [1.807, 2.05) is 0 Å². The second-order valence-electron chi connectivity index (χ2n) is 14.9. The third-order valence-electron chi connectivity index (χ3n) is 9.44. The maximum atomic E-state index is 12.1. The number of ether oxygens (including phenoxy) is 1. The fraction of sp³-hybridized carbons (Fsp3) is 0.341. The third-order valence-corrected chi connectivity index (χ3v) is 19.5. The predicted octanol–water partition coefficient (Wildman–Crippen LogP) is 8.35. The minimum Gasteiger partial charge on any atom is -0.469 e. The predicted molar refractivity (Wildman–Crippen MR) is 215 cm³/mol. The summed E-state index contributed by atoms with van der Waals surface area (Å²) in [6.07, 6.45) is 10.9. The van der Waals surface area contributed by atoms with Crippen LogP contribution in [0.5, 0.6) is 0 Å². The largest absolute Gasteiger partial charge is 0.469 e. The van der Waals surface area contributed by atoms with Crippen LogP contribution in [-0.2, 0) is 18.4 Å². The number of carbonyl (C=O) groups is 1. The van der Waals surface area contributed by atoms with E-state index in [1.54, 1.807) is 0 Å². The summed E-state index contributed by atoms with van der Waals surface area (Å²) in [6, 6.07) is 43.0. The van der Waals surface area contributed by atoms with Gasteiger partial charge in [-0.25, -0.2) is 0 Å². The van der Waals surface area contributed by atoms with Crippen molar-refractivity contribution in [3.05, 3.63) is 146 Å². The van der Waals surface area contributed by atoms with Gasteiger partial charge in [0.25, 0.3) is 16.6 Å². The molecule has 0 radical (unpaired) electrons. The van der Waals surface area contributed by atoms with Gasteiger partial charge in [-0.2, -0.15) is 0 Å². The van der Waals surface area contributed by atoms with Crippen molar-refractivity contribution >= 4 is 43.4 Å². The monoisotopic (exact) mass is 704 g/mol. The van der Waals surface area contributed by atoms with E-state index in [4.69, 9.17) is 13.6 Å². The zero-order valence-electron chi connectivity index (χ0n) is 31.1. The Kier molecular flexibility index (Phi) is 14.0. The third kappa shape index (κ3) is 9.29. The summed E-state index contributed by atoms with van der Waals surface area (Å²) < 4.78 is 19.5. The van der Waals surface area contributed by atoms with E-state index in [9.17, 15) is 4.79 Å². The van der Waals surface area contributed by atoms with Crippen LogP contribution in [0, 0.1) is 0 Å². The minimum atomic E-state index is -2.79. The molecule has 1 atom stereocenters. The molecule has 0 fully saturated rings. The molecule has 0 bridgehead atoms. The SMILES string of the molecule is COC(=O)CCC[C@@H](/C=C/C=C\CCO[Si](c1ccccc1)(c1ccccc1)C(C)(C)C)O[Si](c1ccccc1)(c1ccccc1)C(C)(C)C. The topological polar surface area (TPSA) is 44.8 Å². The molecule has 264 valence electrons. The number of benzene rings is 4. The van der Waals surface area contributed by atoms with Crippen LogP contribution in [0.3, 0.4) is 0 Å². The van der Waals surface area contributed by atoms with E-state index in [0.29, 0.717) is 25.9 Å². The second-order valence-corrected chi connectivity index (χ2v) is 23.5. The lowest BCUT2D eigenvalue weighted by Gasteiger charge is -2.44. The molecule has 0 saturated carbocycles. The van der Waals surface area contributed by atoms with E-state index in [2.05, 4.69) is 187 Å². The fourth-order valence-electron chi connectivity index (χ4n) is 7.07. The van der Waals surface area contributed by atoms with Gasteiger partial charge in [0.2, 0.25) is 0 Å². The molecule has 0 aromatic heterocycles. The number of hydrogen-bond acceptors (Lipinski definition) is 4. The number of allylic oxidation sites excluding steroid dienone is 2. The average molecular weight is 705 g/mol.